The Kier molecular flexibility index (Phi) is 5.31. The molecule has 1 fully saturated rings. The van der Waals surface area contributed by atoms with Crippen molar-refractivity contribution in [2.24, 2.45) is 0 Å². The number of carbonyl (C=O) groups is 1. The third-order valence-electron chi connectivity index (χ3n) is 4.25. The van der Waals surface area contributed by atoms with Gasteiger partial charge in [-0.15, -0.1) is 0 Å². The summed E-state index contributed by atoms with van der Waals surface area (Å²) in [6, 6.07) is 11.4. The van der Waals surface area contributed by atoms with E-state index in [-0.39, 0.29) is 5.91 Å². The molecule has 0 bridgehead atoms. The molecule has 5 nitrogen and oxygen atoms in total. The summed E-state index contributed by atoms with van der Waals surface area (Å²) in [5.74, 6) is 0.836. The summed E-state index contributed by atoms with van der Waals surface area (Å²) in [7, 11) is 1.64. The summed E-state index contributed by atoms with van der Waals surface area (Å²) in [5, 5.41) is 3.30. The Morgan fingerprint density at radius 3 is 2.42 bits per heavy atom. The van der Waals surface area contributed by atoms with E-state index in [2.05, 4.69) is 10.3 Å². The van der Waals surface area contributed by atoms with E-state index < -0.39 is 0 Å². The van der Waals surface area contributed by atoms with E-state index in [4.69, 9.17) is 4.74 Å². The quantitative estimate of drug-likeness (QED) is 0.927. The van der Waals surface area contributed by atoms with Gasteiger partial charge in [-0.2, -0.15) is 0 Å². The van der Waals surface area contributed by atoms with Crippen molar-refractivity contribution in [1.82, 2.24) is 9.88 Å². The fraction of sp³-hybridized carbons (Fsp3) is 0.368. The molecular weight excluding hydrogens is 302 g/mol. The van der Waals surface area contributed by atoms with E-state index in [1.165, 1.54) is 12.8 Å². The molecule has 1 aliphatic rings. The highest BCUT2D eigenvalue weighted by Gasteiger charge is 2.18. The number of likely N-dealkylation sites (tertiary alicyclic amines) is 1. The first kappa shape index (κ1) is 16.3. The van der Waals surface area contributed by atoms with Crippen LogP contribution in [0.4, 0.5) is 11.4 Å². The minimum atomic E-state index is 0.0234. The maximum atomic E-state index is 12.7. The van der Waals surface area contributed by atoms with E-state index in [1.54, 1.807) is 13.3 Å². The predicted octanol–water partition coefficient (Wildman–Crippen LogP) is 3.85. The van der Waals surface area contributed by atoms with Gasteiger partial charge in [-0.3, -0.25) is 9.78 Å². The van der Waals surface area contributed by atoms with Crippen LogP contribution in [0, 0.1) is 0 Å². The molecule has 0 radical (unpaired) electrons. The minimum Gasteiger partial charge on any atom is -0.497 e. The Balaban J connectivity index is 1.71. The van der Waals surface area contributed by atoms with Crippen molar-refractivity contribution in [2.45, 2.75) is 25.7 Å². The molecule has 0 aliphatic carbocycles. The van der Waals surface area contributed by atoms with Crippen LogP contribution >= 0.6 is 0 Å². The number of carbonyl (C=O) groups excluding carboxylic acids is 1. The second-order valence-corrected chi connectivity index (χ2v) is 5.99. The molecule has 1 aliphatic heterocycles. The summed E-state index contributed by atoms with van der Waals surface area (Å²) in [6.07, 6.45) is 6.24. The lowest BCUT2D eigenvalue weighted by atomic mass is 10.2. The van der Waals surface area contributed by atoms with Crippen molar-refractivity contribution in [3.8, 4) is 5.75 Å². The monoisotopic (exact) mass is 325 g/mol. The molecule has 0 saturated carbocycles. The topological polar surface area (TPSA) is 54.5 Å². The predicted molar refractivity (Wildman–Crippen MR) is 94.9 cm³/mol. The summed E-state index contributed by atoms with van der Waals surface area (Å²) < 4.78 is 5.16. The first-order valence-corrected chi connectivity index (χ1v) is 8.43. The Morgan fingerprint density at radius 1 is 1.04 bits per heavy atom. The number of pyridine rings is 1. The van der Waals surface area contributed by atoms with Gasteiger partial charge in [-0.05, 0) is 49.2 Å². The van der Waals surface area contributed by atoms with E-state index in [9.17, 15) is 4.79 Å². The maximum Gasteiger partial charge on any atom is 0.272 e. The molecular formula is C19H23N3O2. The first-order chi connectivity index (χ1) is 11.8. The number of aromatic nitrogens is 1. The molecule has 2 aromatic rings. The largest absolute Gasteiger partial charge is 0.497 e. The van der Waals surface area contributed by atoms with Crippen LogP contribution in [0.1, 0.15) is 36.2 Å². The fourth-order valence-corrected chi connectivity index (χ4v) is 2.90. The first-order valence-electron chi connectivity index (χ1n) is 8.43. The third-order valence-corrected chi connectivity index (χ3v) is 4.25. The van der Waals surface area contributed by atoms with Crippen LogP contribution in [0.15, 0.2) is 42.6 Å². The van der Waals surface area contributed by atoms with Crippen LogP contribution in [0.5, 0.6) is 5.75 Å². The number of anilines is 2. The number of benzene rings is 1. The summed E-state index contributed by atoms with van der Waals surface area (Å²) in [4.78, 5) is 18.8. The average Bonchev–Trinajstić information content (AvgIpc) is 2.91. The van der Waals surface area contributed by atoms with Gasteiger partial charge in [0.05, 0.1) is 7.11 Å². The number of rotatable bonds is 4. The zero-order chi connectivity index (χ0) is 16.8. The minimum absolute atomic E-state index is 0.0234. The van der Waals surface area contributed by atoms with Crippen LogP contribution < -0.4 is 10.1 Å². The fourth-order valence-electron chi connectivity index (χ4n) is 2.90. The van der Waals surface area contributed by atoms with Crippen LogP contribution in [0.3, 0.4) is 0 Å². The number of methoxy groups -OCH3 is 1. The van der Waals surface area contributed by atoms with Gasteiger partial charge in [0.2, 0.25) is 0 Å². The number of amides is 1. The highest BCUT2D eigenvalue weighted by molar-refractivity contribution is 5.93. The van der Waals surface area contributed by atoms with Crippen molar-refractivity contribution in [2.75, 3.05) is 25.5 Å². The third kappa shape index (κ3) is 4.04. The molecule has 1 amide bonds. The molecule has 1 saturated heterocycles. The van der Waals surface area contributed by atoms with Crippen molar-refractivity contribution < 1.29 is 9.53 Å². The van der Waals surface area contributed by atoms with Crippen LogP contribution in [0.25, 0.3) is 0 Å². The standard InChI is InChI=1S/C19H23N3O2/c1-24-17-8-6-15(7-9-17)21-16-10-11-20-18(14-16)19(23)22-12-4-2-3-5-13-22/h6-11,14H,2-5,12-13H2,1H3,(H,20,21). The average molecular weight is 325 g/mol. The Bertz CT molecular complexity index is 677. The highest BCUT2D eigenvalue weighted by atomic mass is 16.5. The zero-order valence-electron chi connectivity index (χ0n) is 14.0. The summed E-state index contributed by atoms with van der Waals surface area (Å²) >= 11 is 0. The van der Waals surface area contributed by atoms with Crippen molar-refractivity contribution in [3.05, 3.63) is 48.3 Å². The summed E-state index contributed by atoms with van der Waals surface area (Å²) in [6.45, 7) is 1.66. The lowest BCUT2D eigenvalue weighted by molar-refractivity contribution is 0.0756. The second kappa shape index (κ2) is 7.81. The number of ether oxygens (including phenoxy) is 1. The van der Waals surface area contributed by atoms with Crippen LogP contribution in [-0.2, 0) is 0 Å². The smallest absolute Gasteiger partial charge is 0.272 e. The van der Waals surface area contributed by atoms with Crippen molar-refractivity contribution >= 4 is 17.3 Å². The van der Waals surface area contributed by atoms with Crippen molar-refractivity contribution in [1.29, 1.82) is 0 Å². The van der Waals surface area contributed by atoms with Gasteiger partial charge in [0.25, 0.3) is 5.91 Å². The highest BCUT2D eigenvalue weighted by Crippen LogP contribution is 2.21. The normalized spacial score (nSPS) is 14.8. The van der Waals surface area contributed by atoms with Gasteiger partial charge in [-0.1, -0.05) is 12.8 Å². The van der Waals surface area contributed by atoms with E-state index in [0.717, 1.165) is 43.1 Å². The maximum absolute atomic E-state index is 12.7. The van der Waals surface area contributed by atoms with E-state index in [0.29, 0.717) is 5.69 Å². The van der Waals surface area contributed by atoms with E-state index >= 15 is 0 Å². The van der Waals surface area contributed by atoms with Gasteiger partial charge in [0.1, 0.15) is 11.4 Å². The summed E-state index contributed by atoms with van der Waals surface area (Å²) in [5.41, 5.74) is 2.29. The van der Waals surface area contributed by atoms with Gasteiger partial charge in [-0.25, -0.2) is 0 Å². The molecule has 5 heteroatoms. The Morgan fingerprint density at radius 2 is 1.75 bits per heavy atom. The number of hydrogen-bond acceptors (Lipinski definition) is 4. The molecule has 0 atom stereocenters. The van der Waals surface area contributed by atoms with Crippen molar-refractivity contribution in [3.63, 3.8) is 0 Å². The number of hydrogen-bond donors (Lipinski definition) is 1. The molecule has 0 spiro atoms. The molecule has 1 N–H and O–H groups in total. The molecule has 1 aromatic carbocycles. The molecule has 2 heterocycles. The lowest BCUT2D eigenvalue weighted by Gasteiger charge is -2.20. The van der Waals surface area contributed by atoms with Crippen LogP contribution in [0.2, 0.25) is 0 Å². The van der Waals surface area contributed by atoms with Gasteiger partial charge in [0, 0.05) is 30.7 Å². The van der Waals surface area contributed by atoms with Gasteiger partial charge < -0.3 is 15.0 Å². The molecule has 24 heavy (non-hydrogen) atoms. The Labute approximate surface area is 142 Å². The molecule has 1 aromatic heterocycles. The zero-order valence-corrected chi connectivity index (χ0v) is 14.0. The molecule has 0 unspecified atom stereocenters. The lowest BCUT2D eigenvalue weighted by Crippen LogP contribution is -2.32. The molecule has 126 valence electrons. The number of nitrogens with one attached hydrogen (secondary N) is 1. The van der Waals surface area contributed by atoms with Gasteiger partial charge >= 0.3 is 0 Å². The van der Waals surface area contributed by atoms with E-state index in [1.807, 2.05) is 41.3 Å². The van der Waals surface area contributed by atoms with Crippen LogP contribution in [-0.4, -0.2) is 36.0 Å². The second-order valence-electron chi connectivity index (χ2n) is 5.99. The molecule has 3 rings (SSSR count). The number of nitrogens with zero attached hydrogens (tertiary/aromatic N) is 2. The SMILES string of the molecule is COc1ccc(Nc2ccnc(C(=O)N3CCCCCC3)c2)cc1. The Hall–Kier alpha value is -2.56. The van der Waals surface area contributed by atoms with Gasteiger partial charge in [0.15, 0.2) is 0 Å².